The number of halogens is 1. The Morgan fingerprint density at radius 2 is 2.31 bits per heavy atom. The first kappa shape index (κ1) is 10.9. The van der Waals surface area contributed by atoms with Crippen molar-refractivity contribution in [1.29, 1.82) is 0 Å². The lowest BCUT2D eigenvalue weighted by molar-refractivity contribution is 0.746. The summed E-state index contributed by atoms with van der Waals surface area (Å²) in [4.78, 5) is 7.88. The zero-order valence-electron chi connectivity index (χ0n) is 9.11. The second kappa shape index (κ2) is 4.49. The molecule has 0 fully saturated rings. The first-order valence-electron chi connectivity index (χ1n) is 4.97. The zero-order valence-corrected chi connectivity index (χ0v) is 9.86. The number of rotatable bonds is 3. The number of anilines is 2. The number of nitrogens with zero attached hydrogens (tertiary/aromatic N) is 4. The maximum atomic E-state index is 5.71. The molecule has 0 amide bonds. The predicted octanol–water partition coefficient (Wildman–Crippen LogP) is 2.17. The molecule has 0 aliphatic rings. The van der Waals surface area contributed by atoms with Crippen LogP contribution in [0.25, 0.3) is 0 Å². The largest absolute Gasteiger partial charge is 0.337 e. The van der Waals surface area contributed by atoms with Crippen molar-refractivity contribution in [2.75, 3.05) is 5.32 Å². The highest BCUT2D eigenvalue weighted by Crippen LogP contribution is 2.19. The summed E-state index contributed by atoms with van der Waals surface area (Å²) >= 11 is 5.71. The van der Waals surface area contributed by atoms with Crippen LogP contribution < -0.4 is 5.32 Å². The van der Waals surface area contributed by atoms with E-state index in [1.54, 1.807) is 16.9 Å². The third-order valence-corrected chi connectivity index (χ3v) is 2.31. The molecule has 0 aliphatic carbocycles. The SMILES string of the molecule is CCc1nn(C)cc1Nc1ccnc(Cl)n1. The van der Waals surface area contributed by atoms with E-state index >= 15 is 0 Å². The average molecular weight is 238 g/mol. The van der Waals surface area contributed by atoms with Crippen molar-refractivity contribution in [2.45, 2.75) is 13.3 Å². The van der Waals surface area contributed by atoms with Gasteiger partial charge >= 0.3 is 0 Å². The summed E-state index contributed by atoms with van der Waals surface area (Å²) in [5, 5.41) is 7.72. The molecule has 1 N–H and O–H groups in total. The van der Waals surface area contributed by atoms with Crippen LogP contribution in [0, 0.1) is 0 Å². The minimum absolute atomic E-state index is 0.229. The topological polar surface area (TPSA) is 55.6 Å². The fourth-order valence-electron chi connectivity index (χ4n) is 1.44. The third kappa shape index (κ3) is 2.30. The van der Waals surface area contributed by atoms with Gasteiger partial charge in [0.1, 0.15) is 5.82 Å². The minimum Gasteiger partial charge on any atom is -0.337 e. The lowest BCUT2D eigenvalue weighted by atomic mass is 10.3. The maximum Gasteiger partial charge on any atom is 0.224 e. The van der Waals surface area contributed by atoms with Gasteiger partial charge in [-0.25, -0.2) is 9.97 Å². The third-order valence-electron chi connectivity index (χ3n) is 2.13. The zero-order chi connectivity index (χ0) is 11.5. The van der Waals surface area contributed by atoms with E-state index in [0.717, 1.165) is 17.8 Å². The van der Waals surface area contributed by atoms with E-state index in [2.05, 4.69) is 27.3 Å². The van der Waals surface area contributed by atoms with Gasteiger partial charge in [-0.1, -0.05) is 6.92 Å². The monoisotopic (exact) mass is 237 g/mol. The van der Waals surface area contributed by atoms with E-state index in [1.165, 1.54) is 0 Å². The van der Waals surface area contributed by atoms with Crippen LogP contribution in [0.5, 0.6) is 0 Å². The number of hydrogen-bond donors (Lipinski definition) is 1. The van der Waals surface area contributed by atoms with Crippen LogP contribution in [0.4, 0.5) is 11.5 Å². The highest BCUT2D eigenvalue weighted by molar-refractivity contribution is 6.28. The summed E-state index contributed by atoms with van der Waals surface area (Å²) in [6.45, 7) is 2.06. The molecule has 2 aromatic heterocycles. The standard InChI is InChI=1S/C10H12ClN5/c1-3-7-8(6-16(2)15-7)13-9-4-5-12-10(11)14-9/h4-6H,3H2,1-2H3,(H,12,13,14). The van der Waals surface area contributed by atoms with Crippen molar-refractivity contribution in [1.82, 2.24) is 19.7 Å². The smallest absolute Gasteiger partial charge is 0.224 e. The van der Waals surface area contributed by atoms with Crippen LogP contribution in [0.3, 0.4) is 0 Å². The van der Waals surface area contributed by atoms with Gasteiger partial charge in [-0.05, 0) is 24.1 Å². The van der Waals surface area contributed by atoms with Crippen LogP contribution in [0.2, 0.25) is 5.28 Å². The lowest BCUT2D eigenvalue weighted by Gasteiger charge is -2.03. The number of nitrogens with one attached hydrogen (secondary N) is 1. The molecule has 0 atom stereocenters. The molecule has 2 heterocycles. The molecule has 0 aliphatic heterocycles. The maximum absolute atomic E-state index is 5.71. The van der Waals surface area contributed by atoms with Crippen molar-refractivity contribution in [3.8, 4) is 0 Å². The number of hydrogen-bond acceptors (Lipinski definition) is 4. The molecule has 16 heavy (non-hydrogen) atoms. The molecule has 0 saturated heterocycles. The molecule has 0 bridgehead atoms. The van der Waals surface area contributed by atoms with Crippen molar-refractivity contribution in [3.05, 3.63) is 29.4 Å². The van der Waals surface area contributed by atoms with Crippen molar-refractivity contribution < 1.29 is 0 Å². The second-order valence-corrected chi connectivity index (χ2v) is 3.69. The van der Waals surface area contributed by atoms with E-state index in [-0.39, 0.29) is 5.28 Å². The summed E-state index contributed by atoms with van der Waals surface area (Å²) in [7, 11) is 1.89. The Bertz CT molecular complexity index is 494. The molecule has 0 radical (unpaired) electrons. The van der Waals surface area contributed by atoms with Crippen molar-refractivity contribution in [3.63, 3.8) is 0 Å². The summed E-state index contributed by atoms with van der Waals surface area (Å²) in [6, 6.07) is 1.76. The van der Waals surface area contributed by atoms with Gasteiger partial charge in [-0.3, -0.25) is 4.68 Å². The lowest BCUT2D eigenvalue weighted by Crippen LogP contribution is -1.96. The molecular formula is C10H12ClN5. The van der Waals surface area contributed by atoms with Crippen LogP contribution in [-0.4, -0.2) is 19.7 Å². The number of aromatic nitrogens is 4. The second-order valence-electron chi connectivity index (χ2n) is 3.35. The first-order chi connectivity index (χ1) is 7.69. The Hall–Kier alpha value is -1.62. The normalized spacial score (nSPS) is 10.4. The number of aryl methyl sites for hydroxylation is 2. The molecule has 84 valence electrons. The quantitative estimate of drug-likeness (QED) is 0.832. The van der Waals surface area contributed by atoms with Gasteiger partial charge in [0.05, 0.1) is 11.4 Å². The first-order valence-corrected chi connectivity index (χ1v) is 5.35. The molecule has 6 heteroatoms. The molecule has 0 saturated carbocycles. The summed E-state index contributed by atoms with van der Waals surface area (Å²) in [5.74, 6) is 0.669. The van der Waals surface area contributed by atoms with Crippen LogP contribution in [-0.2, 0) is 13.5 Å². The average Bonchev–Trinajstić information content (AvgIpc) is 2.59. The van der Waals surface area contributed by atoms with E-state index in [9.17, 15) is 0 Å². The van der Waals surface area contributed by atoms with Crippen LogP contribution in [0.15, 0.2) is 18.5 Å². The fraction of sp³-hybridized carbons (Fsp3) is 0.300. The Labute approximate surface area is 98.5 Å². The highest BCUT2D eigenvalue weighted by atomic mass is 35.5. The highest BCUT2D eigenvalue weighted by Gasteiger charge is 2.06. The van der Waals surface area contributed by atoms with E-state index in [1.807, 2.05) is 13.2 Å². The minimum atomic E-state index is 0.229. The van der Waals surface area contributed by atoms with E-state index in [0.29, 0.717) is 5.82 Å². The van der Waals surface area contributed by atoms with Crippen LogP contribution in [0.1, 0.15) is 12.6 Å². The molecule has 0 aromatic carbocycles. The van der Waals surface area contributed by atoms with Gasteiger partial charge < -0.3 is 5.32 Å². The van der Waals surface area contributed by atoms with Gasteiger partial charge in [0, 0.05) is 19.4 Å². The van der Waals surface area contributed by atoms with Crippen molar-refractivity contribution in [2.24, 2.45) is 7.05 Å². The van der Waals surface area contributed by atoms with Gasteiger partial charge in [0.2, 0.25) is 5.28 Å². The molecule has 0 unspecified atom stereocenters. The van der Waals surface area contributed by atoms with Crippen molar-refractivity contribution >= 4 is 23.1 Å². The Morgan fingerprint density at radius 3 is 3.00 bits per heavy atom. The Balaban J connectivity index is 2.26. The molecule has 2 rings (SSSR count). The molecular weight excluding hydrogens is 226 g/mol. The van der Waals surface area contributed by atoms with Crippen LogP contribution >= 0.6 is 11.6 Å². The van der Waals surface area contributed by atoms with Gasteiger partial charge in [0.15, 0.2) is 0 Å². The van der Waals surface area contributed by atoms with Gasteiger partial charge in [-0.2, -0.15) is 5.10 Å². The summed E-state index contributed by atoms with van der Waals surface area (Å²) in [5.41, 5.74) is 1.94. The molecule has 5 nitrogen and oxygen atoms in total. The van der Waals surface area contributed by atoms with E-state index in [4.69, 9.17) is 11.6 Å². The summed E-state index contributed by atoms with van der Waals surface area (Å²) in [6.07, 6.45) is 4.39. The fourth-order valence-corrected chi connectivity index (χ4v) is 1.59. The molecule has 2 aromatic rings. The van der Waals surface area contributed by atoms with Gasteiger partial charge in [0.25, 0.3) is 0 Å². The summed E-state index contributed by atoms with van der Waals surface area (Å²) < 4.78 is 1.77. The van der Waals surface area contributed by atoms with E-state index < -0.39 is 0 Å². The Morgan fingerprint density at radius 1 is 1.50 bits per heavy atom. The Kier molecular flexibility index (Phi) is 3.05. The van der Waals surface area contributed by atoms with Gasteiger partial charge in [-0.15, -0.1) is 0 Å². The molecule has 0 spiro atoms. The predicted molar refractivity (Wildman–Crippen MR) is 62.9 cm³/mol.